The molecule has 7 nitrogen and oxygen atoms in total. The number of benzene rings is 1. The number of hydrogen-bond acceptors (Lipinski definition) is 5. The maximum Gasteiger partial charge on any atom is 0.292 e. The largest absolute Gasteiger partial charge is 0.322 e. The van der Waals surface area contributed by atoms with Crippen LogP contribution in [0.25, 0.3) is 0 Å². The smallest absolute Gasteiger partial charge is 0.292 e. The Labute approximate surface area is 162 Å². The molecule has 2 amide bonds. The SMILES string of the molecule is C=CCN1C(=O)CSc2cnn(CC(=O)Nc3ccc(Cl)cc3F)c(=O)c21. The van der Waals surface area contributed by atoms with Crippen LogP contribution in [-0.2, 0) is 16.1 Å². The molecule has 27 heavy (non-hydrogen) atoms. The molecular formula is C17H14ClFN4O3S. The maximum atomic E-state index is 13.8. The van der Waals surface area contributed by atoms with E-state index < -0.39 is 23.8 Å². The van der Waals surface area contributed by atoms with E-state index in [0.29, 0.717) is 4.90 Å². The molecule has 0 saturated heterocycles. The number of carbonyl (C=O) groups excluding carboxylic acids is 2. The highest BCUT2D eigenvalue weighted by molar-refractivity contribution is 8.00. The van der Waals surface area contributed by atoms with Crippen LogP contribution in [0.4, 0.5) is 15.8 Å². The first-order valence-corrected chi connectivity index (χ1v) is 9.16. The number of fused-ring (bicyclic) bond motifs is 1. The van der Waals surface area contributed by atoms with Gasteiger partial charge in [-0.15, -0.1) is 18.3 Å². The van der Waals surface area contributed by atoms with E-state index in [9.17, 15) is 18.8 Å². The van der Waals surface area contributed by atoms with Crippen LogP contribution in [0.2, 0.25) is 5.02 Å². The summed E-state index contributed by atoms with van der Waals surface area (Å²) in [7, 11) is 0. The van der Waals surface area contributed by atoms with E-state index in [0.717, 1.165) is 10.7 Å². The van der Waals surface area contributed by atoms with E-state index in [1.165, 1.54) is 41.1 Å². The van der Waals surface area contributed by atoms with Gasteiger partial charge in [0.25, 0.3) is 5.56 Å². The van der Waals surface area contributed by atoms with E-state index in [-0.39, 0.29) is 34.6 Å². The van der Waals surface area contributed by atoms with Gasteiger partial charge in [0.15, 0.2) is 0 Å². The normalized spacial score (nSPS) is 13.3. The molecule has 10 heteroatoms. The summed E-state index contributed by atoms with van der Waals surface area (Å²) in [5.74, 6) is -1.37. The van der Waals surface area contributed by atoms with E-state index in [1.54, 1.807) is 0 Å². The Morgan fingerprint density at radius 1 is 1.44 bits per heavy atom. The van der Waals surface area contributed by atoms with Crippen LogP contribution in [0, 0.1) is 5.82 Å². The summed E-state index contributed by atoms with van der Waals surface area (Å²) in [4.78, 5) is 38.9. The molecule has 0 saturated carbocycles. The molecule has 0 fully saturated rings. The lowest BCUT2D eigenvalue weighted by Crippen LogP contribution is -2.42. The summed E-state index contributed by atoms with van der Waals surface area (Å²) in [5, 5.41) is 6.53. The number of halogens is 2. The van der Waals surface area contributed by atoms with Crippen molar-refractivity contribution in [2.45, 2.75) is 11.4 Å². The molecule has 140 valence electrons. The Morgan fingerprint density at radius 3 is 2.93 bits per heavy atom. The van der Waals surface area contributed by atoms with E-state index in [1.807, 2.05) is 0 Å². The second-order valence-electron chi connectivity index (χ2n) is 5.57. The van der Waals surface area contributed by atoms with Crippen molar-refractivity contribution in [3.8, 4) is 0 Å². The number of aromatic nitrogens is 2. The molecule has 0 bridgehead atoms. The van der Waals surface area contributed by atoms with Crippen molar-refractivity contribution in [3.63, 3.8) is 0 Å². The standard InChI is InChI=1S/C17H14ClFN4O3S/c1-2-5-22-15(25)9-27-13-7-20-23(17(26)16(13)22)8-14(24)21-12-4-3-10(18)6-11(12)19/h2-4,6-7H,1,5,8-9H2,(H,21,24). The first kappa shape index (κ1) is 19.1. The minimum atomic E-state index is -0.694. The van der Waals surface area contributed by atoms with Crippen LogP contribution in [0.15, 0.2) is 46.7 Å². The number of nitrogens with one attached hydrogen (secondary N) is 1. The van der Waals surface area contributed by atoms with Gasteiger partial charge in [0.2, 0.25) is 11.8 Å². The molecule has 0 aliphatic carbocycles. The van der Waals surface area contributed by atoms with Crippen LogP contribution in [0.1, 0.15) is 0 Å². The molecule has 2 aromatic rings. The van der Waals surface area contributed by atoms with Crippen LogP contribution < -0.4 is 15.8 Å². The Balaban J connectivity index is 1.85. The molecule has 1 aromatic heterocycles. The van der Waals surface area contributed by atoms with Crippen LogP contribution in [-0.4, -0.2) is 33.9 Å². The minimum absolute atomic E-state index is 0.0607. The third kappa shape index (κ3) is 4.04. The van der Waals surface area contributed by atoms with Gasteiger partial charge < -0.3 is 10.2 Å². The number of nitrogens with zero attached hydrogens (tertiary/aromatic N) is 3. The summed E-state index contributed by atoms with van der Waals surface area (Å²) in [6.45, 7) is 3.33. The Bertz CT molecular complexity index is 995. The first-order chi connectivity index (χ1) is 12.9. The summed E-state index contributed by atoms with van der Waals surface area (Å²) in [6.07, 6.45) is 2.94. The van der Waals surface area contributed by atoms with Gasteiger partial charge in [-0.2, -0.15) is 5.10 Å². The van der Waals surface area contributed by atoms with Crippen LogP contribution in [0.5, 0.6) is 0 Å². The number of anilines is 2. The lowest BCUT2D eigenvalue weighted by molar-refractivity contribution is -0.117. The summed E-state index contributed by atoms with van der Waals surface area (Å²) in [5.41, 5.74) is -0.479. The lowest BCUT2D eigenvalue weighted by atomic mass is 10.3. The summed E-state index contributed by atoms with van der Waals surface area (Å²) in [6, 6.07) is 3.82. The van der Waals surface area contributed by atoms with Gasteiger partial charge in [-0.25, -0.2) is 9.07 Å². The number of rotatable bonds is 5. The topological polar surface area (TPSA) is 84.3 Å². The second-order valence-corrected chi connectivity index (χ2v) is 7.03. The fraction of sp³-hybridized carbons (Fsp3) is 0.176. The second kappa shape index (κ2) is 7.93. The highest BCUT2D eigenvalue weighted by atomic mass is 35.5. The van der Waals surface area contributed by atoms with Gasteiger partial charge in [0.05, 0.1) is 22.5 Å². The molecule has 0 atom stereocenters. The lowest BCUT2D eigenvalue weighted by Gasteiger charge is -2.27. The molecule has 0 unspecified atom stereocenters. The van der Waals surface area contributed by atoms with E-state index in [2.05, 4.69) is 17.0 Å². The molecular weight excluding hydrogens is 395 g/mol. The van der Waals surface area contributed by atoms with E-state index >= 15 is 0 Å². The van der Waals surface area contributed by atoms with Crippen molar-refractivity contribution in [2.75, 3.05) is 22.5 Å². The monoisotopic (exact) mass is 408 g/mol. The van der Waals surface area contributed by atoms with Gasteiger partial charge in [-0.1, -0.05) is 17.7 Å². The van der Waals surface area contributed by atoms with Gasteiger partial charge in [-0.05, 0) is 18.2 Å². The third-order valence-corrected chi connectivity index (χ3v) is 4.95. The summed E-state index contributed by atoms with van der Waals surface area (Å²) >= 11 is 6.88. The zero-order valence-electron chi connectivity index (χ0n) is 13.9. The minimum Gasteiger partial charge on any atom is -0.322 e. The van der Waals surface area contributed by atoms with Crippen molar-refractivity contribution < 1.29 is 14.0 Å². The zero-order valence-corrected chi connectivity index (χ0v) is 15.5. The van der Waals surface area contributed by atoms with E-state index in [4.69, 9.17) is 11.6 Å². The quantitative estimate of drug-likeness (QED) is 0.767. The van der Waals surface area contributed by atoms with Gasteiger partial charge in [0, 0.05) is 11.6 Å². The molecule has 1 aromatic carbocycles. The molecule has 2 heterocycles. The highest BCUT2D eigenvalue weighted by Gasteiger charge is 2.28. The Kier molecular flexibility index (Phi) is 5.62. The fourth-order valence-corrected chi connectivity index (χ4v) is 3.56. The van der Waals surface area contributed by atoms with Crippen molar-refractivity contribution >= 4 is 46.6 Å². The predicted molar refractivity (Wildman–Crippen MR) is 102 cm³/mol. The predicted octanol–water partition coefficient (Wildman–Crippen LogP) is 2.30. The summed E-state index contributed by atoms with van der Waals surface area (Å²) < 4.78 is 14.7. The maximum absolute atomic E-state index is 13.8. The van der Waals surface area contributed by atoms with Crippen LogP contribution in [0.3, 0.4) is 0 Å². The molecule has 1 N–H and O–H groups in total. The first-order valence-electron chi connectivity index (χ1n) is 7.79. The molecule has 0 spiro atoms. The number of hydrogen-bond donors (Lipinski definition) is 1. The Hall–Kier alpha value is -2.65. The average molecular weight is 409 g/mol. The van der Waals surface area contributed by atoms with Gasteiger partial charge >= 0.3 is 0 Å². The molecule has 0 radical (unpaired) electrons. The van der Waals surface area contributed by atoms with Crippen molar-refractivity contribution in [3.05, 3.63) is 58.2 Å². The van der Waals surface area contributed by atoms with Crippen molar-refractivity contribution in [1.82, 2.24) is 9.78 Å². The molecule has 1 aliphatic heterocycles. The van der Waals surface area contributed by atoms with Gasteiger partial charge in [-0.3, -0.25) is 14.4 Å². The zero-order chi connectivity index (χ0) is 19.6. The third-order valence-electron chi connectivity index (χ3n) is 3.72. The number of carbonyl (C=O) groups is 2. The Morgan fingerprint density at radius 2 is 2.22 bits per heavy atom. The van der Waals surface area contributed by atoms with Gasteiger partial charge in [0.1, 0.15) is 18.0 Å². The van der Waals surface area contributed by atoms with Crippen molar-refractivity contribution in [1.29, 1.82) is 0 Å². The average Bonchev–Trinajstić information content (AvgIpc) is 2.62. The fourth-order valence-electron chi connectivity index (χ4n) is 2.51. The highest BCUT2D eigenvalue weighted by Crippen LogP contribution is 2.31. The molecule has 3 rings (SSSR count). The van der Waals surface area contributed by atoms with Crippen LogP contribution >= 0.6 is 23.4 Å². The number of thioether (sulfide) groups is 1. The number of amides is 2. The molecule has 1 aliphatic rings. The van der Waals surface area contributed by atoms with Crippen molar-refractivity contribution in [2.24, 2.45) is 0 Å².